The van der Waals surface area contributed by atoms with Gasteiger partial charge in [0, 0.05) is 13.2 Å². The van der Waals surface area contributed by atoms with Crippen LogP contribution in [0.3, 0.4) is 0 Å². The van der Waals surface area contributed by atoms with E-state index < -0.39 is 12.0 Å². The maximum Gasteiger partial charge on any atom is 0.253 e. The second kappa shape index (κ2) is 3.57. The SMILES string of the molecule is Cc1nn(C)cc1NC(=O)[C@H](C)O. The molecule has 0 aliphatic carbocycles. The van der Waals surface area contributed by atoms with Crippen LogP contribution in [0, 0.1) is 6.92 Å². The minimum Gasteiger partial charge on any atom is -0.384 e. The molecule has 0 aliphatic heterocycles. The van der Waals surface area contributed by atoms with Gasteiger partial charge >= 0.3 is 0 Å². The lowest BCUT2D eigenvalue weighted by Gasteiger charge is -2.04. The molecule has 0 aliphatic rings. The first-order chi connectivity index (χ1) is 6.00. The van der Waals surface area contributed by atoms with E-state index in [1.54, 1.807) is 24.9 Å². The highest BCUT2D eigenvalue weighted by molar-refractivity contribution is 5.93. The molecule has 0 radical (unpaired) electrons. The quantitative estimate of drug-likeness (QED) is 0.680. The summed E-state index contributed by atoms with van der Waals surface area (Å²) < 4.78 is 1.60. The molecule has 0 saturated carbocycles. The van der Waals surface area contributed by atoms with E-state index in [-0.39, 0.29) is 0 Å². The van der Waals surface area contributed by atoms with Crippen LogP contribution in [-0.4, -0.2) is 26.9 Å². The molecule has 0 spiro atoms. The summed E-state index contributed by atoms with van der Waals surface area (Å²) in [6.07, 6.45) is 0.690. The van der Waals surface area contributed by atoms with Crippen molar-refractivity contribution < 1.29 is 9.90 Å². The third kappa shape index (κ3) is 2.29. The Bertz CT molecular complexity index is 317. The summed E-state index contributed by atoms with van der Waals surface area (Å²) in [4.78, 5) is 11.1. The summed E-state index contributed by atoms with van der Waals surface area (Å²) in [6.45, 7) is 3.21. The van der Waals surface area contributed by atoms with E-state index >= 15 is 0 Å². The number of rotatable bonds is 2. The van der Waals surface area contributed by atoms with Crippen molar-refractivity contribution in [2.45, 2.75) is 20.0 Å². The molecular formula is C8H13N3O2. The molecule has 2 N–H and O–H groups in total. The largest absolute Gasteiger partial charge is 0.384 e. The van der Waals surface area contributed by atoms with E-state index in [1.807, 2.05) is 0 Å². The molecule has 1 aromatic heterocycles. The van der Waals surface area contributed by atoms with E-state index in [9.17, 15) is 4.79 Å². The van der Waals surface area contributed by atoms with Crippen molar-refractivity contribution in [1.82, 2.24) is 9.78 Å². The molecule has 0 fully saturated rings. The number of aryl methyl sites for hydroxylation is 2. The van der Waals surface area contributed by atoms with Crippen molar-refractivity contribution in [3.05, 3.63) is 11.9 Å². The zero-order valence-electron chi connectivity index (χ0n) is 7.90. The Morgan fingerprint density at radius 3 is 2.77 bits per heavy atom. The number of carbonyl (C=O) groups is 1. The second-order valence-corrected chi connectivity index (χ2v) is 2.97. The predicted molar refractivity (Wildman–Crippen MR) is 48.3 cm³/mol. The molecule has 0 unspecified atom stereocenters. The van der Waals surface area contributed by atoms with Crippen LogP contribution in [0.25, 0.3) is 0 Å². The maximum atomic E-state index is 11.1. The first kappa shape index (κ1) is 9.73. The lowest BCUT2D eigenvalue weighted by molar-refractivity contribution is -0.123. The van der Waals surface area contributed by atoms with Crippen molar-refractivity contribution in [1.29, 1.82) is 0 Å². The molecule has 13 heavy (non-hydrogen) atoms. The van der Waals surface area contributed by atoms with Crippen molar-refractivity contribution in [3.63, 3.8) is 0 Å². The van der Waals surface area contributed by atoms with Gasteiger partial charge in [0.15, 0.2) is 0 Å². The molecule has 0 saturated heterocycles. The predicted octanol–water partition coefficient (Wildman–Crippen LogP) is 0.0478. The van der Waals surface area contributed by atoms with Gasteiger partial charge < -0.3 is 10.4 Å². The van der Waals surface area contributed by atoms with Crippen LogP contribution in [0.4, 0.5) is 5.69 Å². The van der Waals surface area contributed by atoms with Crippen LogP contribution >= 0.6 is 0 Å². The number of hydrogen-bond acceptors (Lipinski definition) is 3. The fourth-order valence-corrected chi connectivity index (χ4v) is 0.959. The standard InChI is InChI=1S/C8H13N3O2/c1-5-7(4-11(3)10-5)9-8(13)6(2)12/h4,6,12H,1-3H3,(H,9,13)/t6-/m0/s1. The van der Waals surface area contributed by atoms with E-state index in [4.69, 9.17) is 5.11 Å². The van der Waals surface area contributed by atoms with Gasteiger partial charge in [0.05, 0.1) is 11.4 Å². The summed E-state index contributed by atoms with van der Waals surface area (Å²) in [7, 11) is 1.77. The third-order valence-corrected chi connectivity index (χ3v) is 1.65. The van der Waals surface area contributed by atoms with E-state index in [0.717, 1.165) is 5.69 Å². The van der Waals surface area contributed by atoms with Gasteiger partial charge in [-0.2, -0.15) is 5.10 Å². The average Bonchev–Trinajstić information content (AvgIpc) is 2.30. The highest BCUT2D eigenvalue weighted by atomic mass is 16.3. The normalized spacial score (nSPS) is 12.6. The Balaban J connectivity index is 2.74. The Labute approximate surface area is 76.4 Å². The molecule has 0 bridgehead atoms. The van der Waals surface area contributed by atoms with E-state index in [0.29, 0.717) is 5.69 Å². The third-order valence-electron chi connectivity index (χ3n) is 1.65. The van der Waals surface area contributed by atoms with Gasteiger partial charge in [-0.3, -0.25) is 9.48 Å². The Kier molecular flexibility index (Phi) is 2.67. The summed E-state index contributed by atoms with van der Waals surface area (Å²) in [5.74, 6) is -0.420. The van der Waals surface area contributed by atoms with E-state index in [1.165, 1.54) is 6.92 Å². The van der Waals surface area contributed by atoms with Gasteiger partial charge in [-0.05, 0) is 13.8 Å². The number of nitrogens with one attached hydrogen (secondary N) is 1. The fourth-order valence-electron chi connectivity index (χ4n) is 0.959. The number of aliphatic hydroxyl groups is 1. The number of aromatic nitrogens is 2. The smallest absolute Gasteiger partial charge is 0.253 e. The minimum atomic E-state index is -1.00. The van der Waals surface area contributed by atoms with Crippen molar-refractivity contribution >= 4 is 11.6 Å². The minimum absolute atomic E-state index is 0.420. The van der Waals surface area contributed by atoms with Gasteiger partial charge in [-0.1, -0.05) is 0 Å². The van der Waals surface area contributed by atoms with Crippen molar-refractivity contribution in [3.8, 4) is 0 Å². The first-order valence-electron chi connectivity index (χ1n) is 4.00. The highest BCUT2D eigenvalue weighted by Crippen LogP contribution is 2.11. The topological polar surface area (TPSA) is 67.2 Å². The molecule has 1 atom stereocenters. The molecule has 5 heteroatoms. The lowest BCUT2D eigenvalue weighted by Crippen LogP contribution is -2.24. The Hall–Kier alpha value is -1.36. The number of amides is 1. The van der Waals surface area contributed by atoms with E-state index in [2.05, 4.69) is 10.4 Å². The maximum absolute atomic E-state index is 11.1. The summed E-state index contributed by atoms with van der Waals surface area (Å²) >= 11 is 0. The second-order valence-electron chi connectivity index (χ2n) is 2.97. The first-order valence-corrected chi connectivity index (χ1v) is 4.00. The number of carbonyl (C=O) groups excluding carboxylic acids is 1. The summed E-state index contributed by atoms with van der Waals surface area (Å²) in [6, 6.07) is 0. The number of nitrogens with zero attached hydrogens (tertiary/aromatic N) is 2. The molecule has 1 rings (SSSR count). The number of aliphatic hydroxyl groups excluding tert-OH is 1. The van der Waals surface area contributed by atoms with Crippen LogP contribution in [0.5, 0.6) is 0 Å². The number of anilines is 1. The molecule has 5 nitrogen and oxygen atoms in total. The van der Waals surface area contributed by atoms with Crippen LogP contribution in [0.1, 0.15) is 12.6 Å². The van der Waals surface area contributed by atoms with Gasteiger partial charge in [-0.15, -0.1) is 0 Å². The number of hydrogen-bond donors (Lipinski definition) is 2. The monoisotopic (exact) mass is 183 g/mol. The zero-order valence-corrected chi connectivity index (χ0v) is 7.90. The van der Waals surface area contributed by atoms with Crippen LogP contribution < -0.4 is 5.32 Å². The molecule has 1 aromatic rings. The molecule has 0 aromatic carbocycles. The zero-order chi connectivity index (χ0) is 10.0. The molecule has 1 amide bonds. The van der Waals surface area contributed by atoms with Crippen LogP contribution in [-0.2, 0) is 11.8 Å². The summed E-state index contributed by atoms with van der Waals surface area (Å²) in [5.41, 5.74) is 1.37. The van der Waals surface area contributed by atoms with Crippen molar-refractivity contribution in [2.75, 3.05) is 5.32 Å². The van der Waals surface area contributed by atoms with Crippen LogP contribution in [0.15, 0.2) is 6.20 Å². The Morgan fingerprint density at radius 2 is 2.38 bits per heavy atom. The molecule has 72 valence electrons. The van der Waals surface area contributed by atoms with Crippen LogP contribution in [0.2, 0.25) is 0 Å². The highest BCUT2D eigenvalue weighted by Gasteiger charge is 2.11. The van der Waals surface area contributed by atoms with Crippen molar-refractivity contribution in [2.24, 2.45) is 7.05 Å². The van der Waals surface area contributed by atoms with Gasteiger partial charge in [0.25, 0.3) is 5.91 Å². The summed E-state index contributed by atoms with van der Waals surface area (Å²) in [5, 5.41) is 15.5. The molecular weight excluding hydrogens is 170 g/mol. The van der Waals surface area contributed by atoms with Gasteiger partial charge in [-0.25, -0.2) is 0 Å². The van der Waals surface area contributed by atoms with Gasteiger partial charge in [0.2, 0.25) is 0 Å². The Morgan fingerprint density at radius 1 is 1.77 bits per heavy atom. The fraction of sp³-hybridized carbons (Fsp3) is 0.500. The lowest BCUT2D eigenvalue weighted by atomic mass is 10.3. The molecule has 1 heterocycles. The van der Waals surface area contributed by atoms with Gasteiger partial charge in [0.1, 0.15) is 6.10 Å². The average molecular weight is 183 g/mol.